The minimum absolute atomic E-state index is 0.0525. The van der Waals surface area contributed by atoms with Gasteiger partial charge in [0, 0.05) is 125 Å². The minimum Gasteiger partial charge on any atom is -0.481 e. The molecule has 39 nitrogen and oxygen atoms in total. The number of carbonyl (C=O) groups is 21. The third-order valence-corrected chi connectivity index (χ3v) is 26.2. The lowest BCUT2D eigenvalue weighted by Crippen LogP contribution is -2.59. The fourth-order valence-corrected chi connectivity index (χ4v) is 18.4. The van der Waals surface area contributed by atoms with Crippen molar-refractivity contribution >= 4 is 175 Å². The number of hydrogen-bond acceptors (Lipinski definition) is 29. The number of rotatable bonds is 10. The standard InChI is InChI=1S/C82H113N11O28S3/c1-10-39(3)72-57(97)16-17-65(102)86-53-37-122-80-48(26-45(76(112)83-35-68(105)90-72)27-61(101)73(40(4)11-2)91-78(114)54-28-46(94)36-93(54)81(116)52(88-77(53)113)32-71(110)118-9)47-29-51-62(31-50(47)89-80)121-82(117)42(6)25-59(99)44(8)85-67(104)19-23-120-21-13-15-56(96)74-49(30-60(100)63(33-69(106)107)123-38-124-64(34-70(108)109)79(115)92-74)55(95)14-12-20-119-22-18-66(103)84-43(7)58(98)24-41(5)75(111)87-51/h29,31,39-46,49,52-54,63-64,72-74,89,94H,10-28,30,32-38H2,1-9H3,(H,83,112)(H,84,103)(H,85,104)(H,86,102)(H,87,111)(H,88,113)(H,90,105)(H,91,114)(H,92,115)(H,106,107)(H,108,109)/t39-,40-,41?,42?,43?,44?,45+,46-,49?,52-,53-,54-,63?,64?,72-,73-,74?/m0/s1. The highest BCUT2D eigenvalue weighted by Gasteiger charge is 2.46. The van der Waals surface area contributed by atoms with Crippen LogP contribution in [0.5, 0.6) is 5.75 Å². The van der Waals surface area contributed by atoms with Gasteiger partial charge in [-0.25, -0.2) is 0 Å². The number of aliphatic carboxylic acids is 2. The molecule has 42 heteroatoms. The molecule has 1 aromatic carbocycles. The van der Waals surface area contributed by atoms with Crippen LogP contribution in [0.15, 0.2) is 17.2 Å². The van der Waals surface area contributed by atoms with Crippen LogP contribution in [0.3, 0.4) is 0 Å². The summed E-state index contributed by atoms with van der Waals surface area (Å²) >= 11 is 2.48. The molecule has 2 bridgehead atoms. The maximum Gasteiger partial charge on any atom is 0.314 e. The number of nitrogens with zero attached hydrogens (tertiary/aromatic N) is 1. The molecule has 10 amide bonds. The first-order valence-corrected chi connectivity index (χ1v) is 44.6. The third-order valence-electron chi connectivity index (χ3n) is 22.3. The van der Waals surface area contributed by atoms with E-state index in [2.05, 4.69) is 52.8 Å². The third kappa shape index (κ3) is 29.8. The molecule has 13 N–H and O–H groups in total. The number of amides is 10. The number of hydrogen-bond donors (Lipinski definition) is 13. The van der Waals surface area contributed by atoms with E-state index in [1.54, 1.807) is 27.7 Å². The summed E-state index contributed by atoms with van der Waals surface area (Å²) in [7, 11) is 1.02. The molecule has 0 radical (unpaired) electrons. The lowest BCUT2D eigenvalue weighted by Gasteiger charge is -2.31. The second-order valence-corrected chi connectivity index (χ2v) is 35.7. The Balaban J connectivity index is 1.28. The van der Waals surface area contributed by atoms with E-state index in [1.165, 1.54) is 39.8 Å². The van der Waals surface area contributed by atoms with Gasteiger partial charge in [0.25, 0.3) is 0 Å². The van der Waals surface area contributed by atoms with E-state index in [9.17, 15) is 102 Å². The topological polar surface area (TPSA) is 583 Å². The number of thioether (sulfide) groups is 3. The molecule has 5 aliphatic rings. The Kier molecular flexibility index (Phi) is 39.5. The number of ether oxygens (including phenoxy) is 4. The number of esters is 2. The van der Waals surface area contributed by atoms with Crippen LogP contribution in [0.2, 0.25) is 0 Å². The number of Topliss-reactive ketones (excluding diaryl/α,β-unsaturated/α-hetero) is 7. The zero-order chi connectivity index (χ0) is 91.5. The van der Waals surface area contributed by atoms with Crippen LogP contribution in [0, 0.1) is 35.5 Å². The van der Waals surface area contributed by atoms with Crippen LogP contribution in [-0.4, -0.2) is 271 Å². The Bertz CT molecular complexity index is 4370. The van der Waals surface area contributed by atoms with Gasteiger partial charge in [0.15, 0.2) is 34.7 Å². The van der Waals surface area contributed by atoms with Crippen molar-refractivity contribution in [2.45, 2.75) is 247 Å². The van der Waals surface area contributed by atoms with Crippen molar-refractivity contribution in [1.82, 2.24) is 52.4 Å². The van der Waals surface area contributed by atoms with Crippen LogP contribution in [-0.2, 0) is 121 Å². The predicted molar refractivity (Wildman–Crippen MR) is 446 cm³/mol. The van der Waals surface area contributed by atoms with Crippen LogP contribution in [0.4, 0.5) is 5.69 Å². The fourth-order valence-electron chi connectivity index (χ4n) is 14.6. The molecule has 7 rings (SSSR count). The van der Waals surface area contributed by atoms with Crippen LogP contribution < -0.4 is 52.6 Å². The first-order valence-electron chi connectivity index (χ1n) is 41.5. The van der Waals surface area contributed by atoms with Gasteiger partial charge >= 0.3 is 23.9 Å². The van der Waals surface area contributed by atoms with Crippen molar-refractivity contribution in [2.75, 3.05) is 62.8 Å². The van der Waals surface area contributed by atoms with Gasteiger partial charge in [0.1, 0.15) is 29.7 Å². The smallest absolute Gasteiger partial charge is 0.314 e. The molecule has 1 aromatic heterocycles. The molecular formula is C82H113N11O28S3. The van der Waals surface area contributed by atoms with Crippen molar-refractivity contribution in [2.24, 2.45) is 35.5 Å². The molecule has 124 heavy (non-hydrogen) atoms. The molecule has 17 atom stereocenters. The number of benzene rings is 1. The van der Waals surface area contributed by atoms with Gasteiger partial charge in [-0.05, 0) is 56.6 Å². The van der Waals surface area contributed by atoms with E-state index < -0.39 is 313 Å². The Morgan fingerprint density at radius 1 is 0.565 bits per heavy atom. The summed E-state index contributed by atoms with van der Waals surface area (Å²) in [4.78, 5) is 299. The molecule has 2 aromatic rings. The van der Waals surface area contributed by atoms with E-state index in [1.807, 2.05) is 0 Å². The van der Waals surface area contributed by atoms with Crippen molar-refractivity contribution in [3.8, 4) is 5.75 Å². The average Bonchev–Trinajstić information content (AvgIpc) is 1.62. The Morgan fingerprint density at radius 2 is 1.15 bits per heavy atom. The van der Waals surface area contributed by atoms with Gasteiger partial charge < -0.3 is 92.0 Å². The SMILES string of the molecule is CC[C@H](C)[C@@H]1NC(=O)CNC(=O)[C@H]2CC(=O)[C@H]([C@@H](C)CC)NC(=O)[C@@H]3C[C@H](O)CN3C(=O)[C@H](CC(=O)OC)NC(=O)[C@H](CSc3[nH]c4cc5c(cc4c3C2)NC(=O)C(C)CC(=O)C(C)NC(=O)CCOCCCC(=O)C2CC(=O)C(CC(=O)O)SCSC(CC(=O)O)C(=O)NC2C(=O)CCCOCCC(=O)NC(C)C(=O)CC(C)C(=O)O5)NC(=O)CCC1=O. The largest absolute Gasteiger partial charge is 0.481 e. The van der Waals surface area contributed by atoms with E-state index in [0.717, 1.165) is 47.3 Å². The van der Waals surface area contributed by atoms with Gasteiger partial charge in [0.05, 0.1) is 121 Å². The van der Waals surface area contributed by atoms with Gasteiger partial charge in [-0.1, -0.05) is 54.4 Å². The summed E-state index contributed by atoms with van der Waals surface area (Å²) in [6.45, 7) is 10.0. The summed E-state index contributed by atoms with van der Waals surface area (Å²) in [6.07, 6.45) is -9.02. The Labute approximate surface area is 728 Å². The first-order chi connectivity index (χ1) is 58.7. The number of carbonyl (C=O) groups excluding carboxylic acids is 19. The number of ketones is 7. The fraction of sp³-hybridized carbons (Fsp3) is 0.646. The number of carboxylic acids is 2. The van der Waals surface area contributed by atoms with Crippen molar-refractivity contribution < 1.29 is 135 Å². The quantitative estimate of drug-likeness (QED) is 0.117. The minimum atomic E-state index is -1.84. The van der Waals surface area contributed by atoms with Crippen LogP contribution in [0.1, 0.15) is 177 Å². The van der Waals surface area contributed by atoms with Gasteiger partial charge in [-0.3, -0.25) is 101 Å². The lowest BCUT2D eigenvalue weighted by atomic mass is 9.83. The number of nitrogens with one attached hydrogen (secondary N) is 10. The van der Waals surface area contributed by atoms with Gasteiger partial charge in [-0.15, -0.1) is 35.3 Å². The predicted octanol–water partition coefficient (Wildman–Crippen LogP) is 1.18. The average molecular weight is 1800 g/mol. The van der Waals surface area contributed by atoms with E-state index in [0.29, 0.717) is 6.42 Å². The van der Waals surface area contributed by atoms with Gasteiger partial charge in [0.2, 0.25) is 59.1 Å². The second-order valence-electron chi connectivity index (χ2n) is 31.9. The molecule has 682 valence electrons. The maximum atomic E-state index is 15.3. The van der Waals surface area contributed by atoms with Crippen molar-refractivity contribution in [3.63, 3.8) is 0 Å². The van der Waals surface area contributed by atoms with Crippen molar-refractivity contribution in [3.05, 3.63) is 17.7 Å². The molecule has 8 unspecified atom stereocenters. The summed E-state index contributed by atoms with van der Waals surface area (Å²) in [6, 6.07) is -9.30. The lowest BCUT2D eigenvalue weighted by molar-refractivity contribution is -0.148. The Hall–Kier alpha value is -10.0. The number of carboxylic acid groups (broad SMARTS) is 2. The molecule has 2 saturated heterocycles. The Morgan fingerprint density at radius 3 is 1.77 bits per heavy atom. The first kappa shape index (κ1) is 101. The number of aliphatic hydroxyl groups excluding tert-OH is 1. The monoisotopic (exact) mass is 1800 g/mol. The molecule has 0 saturated carbocycles. The molecule has 0 aliphatic carbocycles. The van der Waals surface area contributed by atoms with Crippen LogP contribution in [0.25, 0.3) is 10.9 Å². The highest BCUT2D eigenvalue weighted by atomic mass is 32.2. The molecule has 5 aliphatic heterocycles. The number of fused-ring (bicyclic) bond motifs is 7. The number of aliphatic hydroxyl groups is 1. The molecule has 2 fully saturated rings. The zero-order valence-electron chi connectivity index (χ0n) is 70.8. The van der Waals surface area contributed by atoms with E-state index in [4.69, 9.17) is 18.9 Å². The maximum absolute atomic E-state index is 15.3. The number of aromatic nitrogens is 1. The summed E-state index contributed by atoms with van der Waals surface area (Å²) in [5.41, 5.74) is -0.101. The van der Waals surface area contributed by atoms with Crippen LogP contribution >= 0.6 is 35.3 Å². The summed E-state index contributed by atoms with van der Waals surface area (Å²) in [5, 5.41) is 51.5. The van der Waals surface area contributed by atoms with E-state index in [-0.39, 0.29) is 110 Å². The number of methoxy groups -OCH3 is 1. The summed E-state index contributed by atoms with van der Waals surface area (Å²) in [5.74, 6) is -26.4. The van der Waals surface area contributed by atoms with Crippen molar-refractivity contribution in [1.29, 1.82) is 0 Å². The van der Waals surface area contributed by atoms with Gasteiger partial charge in [-0.2, -0.15) is 0 Å². The highest BCUT2D eigenvalue weighted by molar-refractivity contribution is 8.17. The number of anilines is 1. The van der Waals surface area contributed by atoms with E-state index >= 15 is 14.4 Å². The molecule has 0 spiro atoms. The zero-order valence-corrected chi connectivity index (χ0v) is 73.2. The summed E-state index contributed by atoms with van der Waals surface area (Å²) < 4.78 is 22.4. The number of H-pyrrole nitrogens is 1. The normalized spacial score (nSPS) is 28.6. The number of aromatic amines is 1. The second kappa shape index (κ2) is 48.4. The molecular weight excluding hydrogens is 1680 g/mol. The molecule has 6 heterocycles. The highest BCUT2D eigenvalue weighted by Crippen LogP contribution is 2.40.